The SMILES string of the molecule is CC(=O)N(C)c1ccc(NC(=O)C(c2ccccc2)N2CCS(=O)(=O)CC2)cc1. The fraction of sp³-hybridized carbons (Fsp3) is 0.333. The third kappa shape index (κ3) is 5.21. The molecule has 0 radical (unpaired) electrons. The molecule has 1 atom stereocenters. The van der Waals surface area contributed by atoms with Crippen LogP contribution in [0, 0.1) is 0 Å². The Morgan fingerprint density at radius 3 is 2.14 bits per heavy atom. The van der Waals surface area contributed by atoms with Crippen molar-refractivity contribution in [2.45, 2.75) is 13.0 Å². The fourth-order valence-corrected chi connectivity index (χ4v) is 4.54. The largest absolute Gasteiger partial charge is 0.324 e. The van der Waals surface area contributed by atoms with Crippen LogP contribution in [-0.4, -0.2) is 56.8 Å². The highest BCUT2D eigenvalue weighted by molar-refractivity contribution is 7.91. The summed E-state index contributed by atoms with van der Waals surface area (Å²) < 4.78 is 23.6. The topological polar surface area (TPSA) is 86.8 Å². The monoisotopic (exact) mass is 415 g/mol. The van der Waals surface area contributed by atoms with Crippen LogP contribution in [0.15, 0.2) is 54.6 Å². The van der Waals surface area contributed by atoms with Crippen molar-refractivity contribution in [3.8, 4) is 0 Å². The zero-order valence-electron chi connectivity index (χ0n) is 16.5. The van der Waals surface area contributed by atoms with Gasteiger partial charge >= 0.3 is 0 Å². The van der Waals surface area contributed by atoms with Gasteiger partial charge in [0, 0.05) is 38.4 Å². The third-order valence-corrected chi connectivity index (χ3v) is 6.71. The van der Waals surface area contributed by atoms with Crippen molar-refractivity contribution in [2.24, 2.45) is 0 Å². The first kappa shape index (κ1) is 21.0. The van der Waals surface area contributed by atoms with Crippen LogP contribution in [0.25, 0.3) is 0 Å². The lowest BCUT2D eigenvalue weighted by Gasteiger charge is -2.33. The summed E-state index contributed by atoms with van der Waals surface area (Å²) in [6, 6.07) is 15.8. The van der Waals surface area contributed by atoms with Gasteiger partial charge in [-0.05, 0) is 29.8 Å². The maximum absolute atomic E-state index is 13.1. The molecule has 1 fully saturated rings. The molecule has 0 bridgehead atoms. The highest BCUT2D eigenvalue weighted by Gasteiger charge is 2.32. The molecule has 0 spiro atoms. The number of carbonyl (C=O) groups is 2. The zero-order chi connectivity index (χ0) is 21.0. The van der Waals surface area contributed by atoms with Crippen molar-refractivity contribution >= 4 is 33.0 Å². The molecule has 1 saturated heterocycles. The van der Waals surface area contributed by atoms with Crippen LogP contribution in [0.1, 0.15) is 18.5 Å². The van der Waals surface area contributed by atoms with E-state index in [-0.39, 0.29) is 23.3 Å². The van der Waals surface area contributed by atoms with Crippen LogP contribution in [-0.2, 0) is 19.4 Å². The van der Waals surface area contributed by atoms with Crippen LogP contribution in [0.3, 0.4) is 0 Å². The van der Waals surface area contributed by atoms with Gasteiger partial charge < -0.3 is 10.2 Å². The van der Waals surface area contributed by atoms with E-state index in [9.17, 15) is 18.0 Å². The second kappa shape index (κ2) is 8.75. The van der Waals surface area contributed by atoms with Crippen molar-refractivity contribution in [3.63, 3.8) is 0 Å². The fourth-order valence-electron chi connectivity index (χ4n) is 3.31. The van der Waals surface area contributed by atoms with E-state index in [2.05, 4.69) is 5.32 Å². The Kier molecular flexibility index (Phi) is 6.34. The average molecular weight is 416 g/mol. The van der Waals surface area contributed by atoms with Gasteiger partial charge in [-0.3, -0.25) is 14.5 Å². The number of amides is 2. The molecule has 1 unspecified atom stereocenters. The second-order valence-corrected chi connectivity index (χ2v) is 9.42. The van der Waals surface area contributed by atoms with E-state index in [1.165, 1.54) is 11.8 Å². The Labute approximate surface area is 171 Å². The van der Waals surface area contributed by atoms with Gasteiger partial charge in [-0.15, -0.1) is 0 Å². The lowest BCUT2D eigenvalue weighted by Crippen LogP contribution is -2.46. The summed E-state index contributed by atoms with van der Waals surface area (Å²) in [5.41, 5.74) is 2.16. The van der Waals surface area contributed by atoms with Crippen molar-refractivity contribution in [2.75, 3.05) is 41.9 Å². The third-order valence-electron chi connectivity index (χ3n) is 5.10. The van der Waals surface area contributed by atoms with Crippen LogP contribution in [0.4, 0.5) is 11.4 Å². The van der Waals surface area contributed by atoms with E-state index in [0.717, 1.165) is 11.3 Å². The molecule has 2 aromatic rings. The molecule has 0 saturated carbocycles. The molecule has 1 aliphatic heterocycles. The number of benzene rings is 2. The van der Waals surface area contributed by atoms with Crippen molar-refractivity contribution in [1.82, 2.24) is 4.90 Å². The molecule has 0 aromatic heterocycles. The first-order valence-corrected chi connectivity index (χ1v) is 11.2. The highest BCUT2D eigenvalue weighted by atomic mass is 32.2. The minimum absolute atomic E-state index is 0.0513. The van der Waals surface area contributed by atoms with Crippen LogP contribution in [0.2, 0.25) is 0 Å². The molecular weight excluding hydrogens is 390 g/mol. The summed E-state index contributed by atoms with van der Waals surface area (Å²) in [5, 5.41) is 2.92. The molecule has 1 N–H and O–H groups in total. The van der Waals surface area contributed by atoms with Gasteiger partial charge in [0.2, 0.25) is 11.8 Å². The lowest BCUT2D eigenvalue weighted by atomic mass is 10.0. The highest BCUT2D eigenvalue weighted by Crippen LogP contribution is 2.25. The minimum atomic E-state index is -3.04. The van der Waals surface area contributed by atoms with Gasteiger partial charge in [0.05, 0.1) is 11.5 Å². The quantitative estimate of drug-likeness (QED) is 0.808. The Hall–Kier alpha value is -2.71. The van der Waals surface area contributed by atoms with Gasteiger partial charge in [0.15, 0.2) is 9.84 Å². The molecule has 2 amide bonds. The summed E-state index contributed by atoms with van der Waals surface area (Å²) in [7, 11) is -1.36. The van der Waals surface area contributed by atoms with Gasteiger partial charge in [-0.2, -0.15) is 0 Å². The van der Waals surface area contributed by atoms with Gasteiger partial charge in [0.25, 0.3) is 0 Å². The average Bonchev–Trinajstić information content (AvgIpc) is 2.70. The summed E-state index contributed by atoms with van der Waals surface area (Å²) in [6.45, 7) is 2.12. The molecule has 0 aliphatic carbocycles. The van der Waals surface area contributed by atoms with E-state index in [1.807, 2.05) is 35.2 Å². The van der Waals surface area contributed by atoms with Crippen molar-refractivity contribution in [1.29, 1.82) is 0 Å². The van der Waals surface area contributed by atoms with Crippen LogP contribution >= 0.6 is 0 Å². The predicted octanol–water partition coefficient (Wildman–Crippen LogP) is 2.08. The molecule has 8 heteroatoms. The number of rotatable bonds is 5. The molecule has 1 heterocycles. The van der Waals surface area contributed by atoms with Gasteiger partial charge in [-0.25, -0.2) is 8.42 Å². The smallest absolute Gasteiger partial charge is 0.246 e. The number of sulfone groups is 1. The Morgan fingerprint density at radius 2 is 1.59 bits per heavy atom. The van der Waals surface area contributed by atoms with Crippen molar-refractivity contribution < 1.29 is 18.0 Å². The molecular formula is C21H25N3O4S. The second-order valence-electron chi connectivity index (χ2n) is 7.12. The number of carbonyl (C=O) groups excluding carboxylic acids is 2. The Bertz CT molecular complexity index is 961. The summed E-state index contributed by atoms with van der Waals surface area (Å²) in [4.78, 5) is 28.0. The first-order chi connectivity index (χ1) is 13.8. The van der Waals surface area contributed by atoms with E-state index in [1.54, 1.807) is 31.3 Å². The van der Waals surface area contributed by atoms with Gasteiger partial charge in [-0.1, -0.05) is 30.3 Å². The number of nitrogens with zero attached hydrogens (tertiary/aromatic N) is 2. The molecule has 1 aliphatic rings. The molecule has 2 aromatic carbocycles. The maximum Gasteiger partial charge on any atom is 0.246 e. The van der Waals surface area contributed by atoms with Crippen LogP contribution in [0.5, 0.6) is 0 Å². The number of hydrogen-bond donors (Lipinski definition) is 1. The summed E-state index contributed by atoms with van der Waals surface area (Å²) >= 11 is 0. The Morgan fingerprint density at radius 1 is 1.00 bits per heavy atom. The normalized spacial score (nSPS) is 17.3. The standard InChI is InChI=1S/C21H25N3O4S/c1-16(25)23(2)19-10-8-18(9-11-19)22-21(26)20(17-6-4-3-5-7-17)24-12-14-29(27,28)15-13-24/h3-11,20H,12-15H2,1-2H3,(H,22,26). The predicted molar refractivity (Wildman–Crippen MR) is 114 cm³/mol. The molecule has 154 valence electrons. The number of hydrogen-bond acceptors (Lipinski definition) is 5. The Balaban J connectivity index is 1.79. The molecule has 29 heavy (non-hydrogen) atoms. The molecule has 7 nitrogen and oxygen atoms in total. The zero-order valence-corrected chi connectivity index (χ0v) is 17.4. The minimum Gasteiger partial charge on any atom is -0.324 e. The van der Waals surface area contributed by atoms with Crippen molar-refractivity contribution in [3.05, 3.63) is 60.2 Å². The van der Waals surface area contributed by atoms with E-state index < -0.39 is 15.9 Å². The van der Waals surface area contributed by atoms with Gasteiger partial charge in [0.1, 0.15) is 6.04 Å². The van der Waals surface area contributed by atoms with E-state index >= 15 is 0 Å². The maximum atomic E-state index is 13.1. The van der Waals surface area contributed by atoms with E-state index in [0.29, 0.717) is 18.8 Å². The lowest BCUT2D eigenvalue weighted by molar-refractivity contribution is -0.121. The molecule has 3 rings (SSSR count). The van der Waals surface area contributed by atoms with Crippen LogP contribution < -0.4 is 10.2 Å². The first-order valence-electron chi connectivity index (χ1n) is 9.41. The van der Waals surface area contributed by atoms with E-state index in [4.69, 9.17) is 0 Å². The number of anilines is 2. The summed E-state index contributed by atoms with van der Waals surface area (Å²) in [5.74, 6) is -0.195. The summed E-state index contributed by atoms with van der Waals surface area (Å²) in [6.07, 6.45) is 0. The number of nitrogens with one attached hydrogen (secondary N) is 1.